The van der Waals surface area contributed by atoms with Crippen LogP contribution in [0.15, 0.2) is 23.8 Å². The maximum absolute atomic E-state index is 11.8. The predicted molar refractivity (Wildman–Crippen MR) is 74.1 cm³/mol. The number of nitrogens with one attached hydrogen (secondary N) is 1. The standard InChI is InChI=1S/C13H15NO5S/c1-3-18-11-4-5-12-9(7-11)6-10(8-19-12)13(15)14-20(2,16)17/h4-7H,3,8H2,1-2H3,(H,14,15). The van der Waals surface area contributed by atoms with Crippen molar-refractivity contribution in [2.75, 3.05) is 19.5 Å². The summed E-state index contributed by atoms with van der Waals surface area (Å²) in [4.78, 5) is 11.8. The smallest absolute Gasteiger partial charge is 0.264 e. The first kappa shape index (κ1) is 14.4. The van der Waals surface area contributed by atoms with Gasteiger partial charge in [-0.2, -0.15) is 0 Å². The van der Waals surface area contributed by atoms with Gasteiger partial charge in [0.1, 0.15) is 18.1 Å². The molecule has 0 bridgehead atoms. The van der Waals surface area contributed by atoms with Gasteiger partial charge in [-0.3, -0.25) is 4.79 Å². The van der Waals surface area contributed by atoms with Crippen molar-refractivity contribution in [1.29, 1.82) is 0 Å². The Balaban J connectivity index is 2.27. The average Bonchev–Trinajstić information content (AvgIpc) is 2.36. The molecule has 20 heavy (non-hydrogen) atoms. The van der Waals surface area contributed by atoms with E-state index in [9.17, 15) is 13.2 Å². The average molecular weight is 297 g/mol. The summed E-state index contributed by atoms with van der Waals surface area (Å²) in [5.74, 6) is 0.611. The summed E-state index contributed by atoms with van der Waals surface area (Å²) < 4.78 is 34.8. The lowest BCUT2D eigenvalue weighted by Crippen LogP contribution is -2.32. The highest BCUT2D eigenvalue weighted by Gasteiger charge is 2.19. The number of sulfonamides is 1. The number of carbonyl (C=O) groups excluding carboxylic acids is 1. The Kier molecular flexibility index (Phi) is 3.99. The number of hydrogen-bond donors (Lipinski definition) is 1. The molecule has 0 radical (unpaired) electrons. The lowest BCUT2D eigenvalue weighted by molar-refractivity contribution is -0.116. The third-order valence-electron chi connectivity index (χ3n) is 2.57. The highest BCUT2D eigenvalue weighted by atomic mass is 32.2. The van der Waals surface area contributed by atoms with Gasteiger partial charge in [-0.15, -0.1) is 0 Å². The number of benzene rings is 1. The molecule has 1 aliphatic heterocycles. The van der Waals surface area contributed by atoms with Crippen LogP contribution >= 0.6 is 0 Å². The monoisotopic (exact) mass is 297 g/mol. The maximum atomic E-state index is 11.8. The number of carbonyl (C=O) groups is 1. The Labute approximate surface area is 117 Å². The van der Waals surface area contributed by atoms with Crippen LogP contribution in [-0.2, 0) is 14.8 Å². The van der Waals surface area contributed by atoms with Crippen LogP contribution in [0.2, 0.25) is 0 Å². The first-order chi connectivity index (χ1) is 9.39. The van der Waals surface area contributed by atoms with Crippen LogP contribution in [-0.4, -0.2) is 33.8 Å². The summed E-state index contributed by atoms with van der Waals surface area (Å²) >= 11 is 0. The van der Waals surface area contributed by atoms with Gasteiger partial charge in [0.2, 0.25) is 10.0 Å². The second kappa shape index (κ2) is 5.54. The molecule has 0 aliphatic carbocycles. The molecule has 1 N–H and O–H groups in total. The molecular weight excluding hydrogens is 282 g/mol. The van der Waals surface area contributed by atoms with Gasteiger partial charge in [-0.25, -0.2) is 13.1 Å². The van der Waals surface area contributed by atoms with Gasteiger partial charge in [0.05, 0.1) is 18.4 Å². The normalized spacial score (nSPS) is 13.8. The summed E-state index contributed by atoms with van der Waals surface area (Å²) in [6.45, 7) is 2.43. The van der Waals surface area contributed by atoms with Gasteiger partial charge < -0.3 is 9.47 Å². The molecule has 6 nitrogen and oxygen atoms in total. The van der Waals surface area contributed by atoms with Gasteiger partial charge in [-0.05, 0) is 31.2 Å². The van der Waals surface area contributed by atoms with E-state index in [4.69, 9.17) is 9.47 Å². The number of ether oxygens (including phenoxy) is 2. The fourth-order valence-corrected chi connectivity index (χ4v) is 2.25. The van der Waals surface area contributed by atoms with Gasteiger partial charge in [0.25, 0.3) is 5.91 Å². The summed E-state index contributed by atoms with van der Waals surface area (Å²) in [7, 11) is -3.59. The molecule has 7 heteroatoms. The van der Waals surface area contributed by atoms with E-state index in [-0.39, 0.29) is 12.2 Å². The van der Waals surface area contributed by atoms with Crippen molar-refractivity contribution >= 4 is 22.0 Å². The van der Waals surface area contributed by atoms with Gasteiger partial charge in [0, 0.05) is 5.56 Å². The Bertz CT molecular complexity index is 663. The van der Waals surface area contributed by atoms with Crippen molar-refractivity contribution in [3.63, 3.8) is 0 Å². The van der Waals surface area contributed by atoms with Crippen LogP contribution in [0.25, 0.3) is 6.08 Å². The Morgan fingerprint density at radius 1 is 1.45 bits per heavy atom. The van der Waals surface area contributed by atoms with Crippen LogP contribution in [0.4, 0.5) is 0 Å². The number of amides is 1. The van der Waals surface area contributed by atoms with Gasteiger partial charge >= 0.3 is 0 Å². The first-order valence-electron chi connectivity index (χ1n) is 6.01. The van der Waals surface area contributed by atoms with Crippen LogP contribution in [0.1, 0.15) is 12.5 Å². The number of hydrogen-bond acceptors (Lipinski definition) is 5. The highest BCUT2D eigenvalue weighted by Crippen LogP contribution is 2.30. The van der Waals surface area contributed by atoms with E-state index in [1.807, 2.05) is 11.6 Å². The third kappa shape index (κ3) is 3.51. The number of fused-ring (bicyclic) bond motifs is 1. The minimum atomic E-state index is -3.59. The maximum Gasteiger partial charge on any atom is 0.264 e. The SMILES string of the molecule is CCOc1ccc2c(c1)C=C(C(=O)NS(C)(=O)=O)CO2. The van der Waals surface area contributed by atoms with Crippen LogP contribution in [0.5, 0.6) is 11.5 Å². The molecule has 0 unspecified atom stereocenters. The lowest BCUT2D eigenvalue weighted by Gasteiger charge is -2.18. The molecule has 1 aromatic carbocycles. The van der Waals surface area contributed by atoms with Crippen molar-refractivity contribution in [3.8, 4) is 11.5 Å². The largest absolute Gasteiger partial charge is 0.494 e. The van der Waals surface area contributed by atoms with Crippen molar-refractivity contribution in [2.24, 2.45) is 0 Å². The number of rotatable bonds is 4. The molecule has 0 saturated carbocycles. The fourth-order valence-electron chi connectivity index (χ4n) is 1.78. The van der Waals surface area contributed by atoms with Gasteiger partial charge in [0.15, 0.2) is 0 Å². The minimum Gasteiger partial charge on any atom is -0.494 e. The summed E-state index contributed by atoms with van der Waals surface area (Å²) in [5, 5.41) is 0. The highest BCUT2D eigenvalue weighted by molar-refractivity contribution is 7.89. The summed E-state index contributed by atoms with van der Waals surface area (Å²) in [6.07, 6.45) is 2.53. The molecule has 1 aromatic rings. The Morgan fingerprint density at radius 2 is 2.20 bits per heavy atom. The second-order valence-electron chi connectivity index (χ2n) is 4.29. The zero-order chi connectivity index (χ0) is 14.8. The topological polar surface area (TPSA) is 81.7 Å². The van der Waals surface area contributed by atoms with E-state index in [1.165, 1.54) is 0 Å². The molecule has 0 aromatic heterocycles. The Hall–Kier alpha value is -2.02. The molecule has 0 saturated heterocycles. The van der Waals surface area contributed by atoms with Crippen LogP contribution in [0, 0.1) is 0 Å². The van der Waals surface area contributed by atoms with Crippen molar-refractivity contribution in [3.05, 3.63) is 29.3 Å². The molecule has 0 atom stereocenters. The van der Waals surface area contributed by atoms with E-state index in [1.54, 1.807) is 24.3 Å². The molecule has 0 spiro atoms. The molecule has 1 aliphatic rings. The van der Waals surface area contributed by atoms with Crippen LogP contribution < -0.4 is 14.2 Å². The molecule has 2 rings (SSSR count). The lowest BCUT2D eigenvalue weighted by atomic mass is 10.1. The predicted octanol–water partition coefficient (Wildman–Crippen LogP) is 0.937. The van der Waals surface area contributed by atoms with E-state index in [0.29, 0.717) is 23.7 Å². The molecular formula is C13H15NO5S. The molecule has 1 heterocycles. The molecule has 0 fully saturated rings. The van der Waals surface area contributed by atoms with Crippen molar-refractivity contribution < 1.29 is 22.7 Å². The quantitative estimate of drug-likeness (QED) is 0.894. The fraction of sp³-hybridized carbons (Fsp3) is 0.308. The van der Waals surface area contributed by atoms with Crippen molar-refractivity contribution in [1.82, 2.24) is 4.72 Å². The second-order valence-corrected chi connectivity index (χ2v) is 6.04. The van der Waals surface area contributed by atoms with Crippen LogP contribution in [0.3, 0.4) is 0 Å². The minimum absolute atomic E-state index is 0.0301. The van der Waals surface area contributed by atoms with E-state index >= 15 is 0 Å². The zero-order valence-electron chi connectivity index (χ0n) is 11.2. The van der Waals surface area contributed by atoms with Crippen molar-refractivity contribution in [2.45, 2.75) is 6.92 Å². The molecule has 1 amide bonds. The molecule has 108 valence electrons. The summed E-state index contributed by atoms with van der Waals surface area (Å²) in [6, 6.07) is 5.27. The van der Waals surface area contributed by atoms with E-state index in [2.05, 4.69) is 0 Å². The third-order valence-corrected chi connectivity index (χ3v) is 3.13. The summed E-state index contributed by atoms with van der Waals surface area (Å²) in [5.41, 5.74) is 0.928. The Morgan fingerprint density at radius 3 is 2.85 bits per heavy atom. The van der Waals surface area contributed by atoms with E-state index < -0.39 is 15.9 Å². The first-order valence-corrected chi connectivity index (χ1v) is 7.90. The zero-order valence-corrected chi connectivity index (χ0v) is 12.0. The van der Waals surface area contributed by atoms with Gasteiger partial charge in [-0.1, -0.05) is 0 Å². The van der Waals surface area contributed by atoms with E-state index in [0.717, 1.165) is 6.26 Å².